The Morgan fingerprint density at radius 1 is 1.38 bits per heavy atom. The molecule has 1 aromatic carbocycles. The molecule has 0 unspecified atom stereocenters. The summed E-state index contributed by atoms with van der Waals surface area (Å²) in [6, 6.07) is 5.96. The topological polar surface area (TPSA) is 92.4 Å². The van der Waals surface area contributed by atoms with E-state index in [9.17, 15) is 9.59 Å². The molecule has 13 heavy (non-hydrogen) atoms. The molecule has 4 N–H and O–H groups in total. The number of amides is 2. The van der Waals surface area contributed by atoms with Gasteiger partial charge in [0.25, 0.3) is 0 Å². The van der Waals surface area contributed by atoms with Gasteiger partial charge in [0.2, 0.25) is 5.91 Å². The van der Waals surface area contributed by atoms with E-state index in [1.807, 2.05) is 0 Å². The number of hydrogen-bond acceptors (Lipinski definition) is 2. The predicted molar refractivity (Wildman–Crippen MR) is 46.6 cm³/mol. The summed E-state index contributed by atoms with van der Waals surface area (Å²) in [7, 11) is 0. The SMILES string of the molecule is NC(=O)c1cccc(NC(=O)O)c1. The molecule has 0 saturated carbocycles. The number of nitrogens with one attached hydrogen (secondary N) is 1. The minimum atomic E-state index is -1.18. The summed E-state index contributed by atoms with van der Waals surface area (Å²) in [5, 5.41) is 10.5. The summed E-state index contributed by atoms with van der Waals surface area (Å²) in [6.45, 7) is 0. The van der Waals surface area contributed by atoms with Crippen LogP contribution in [-0.2, 0) is 0 Å². The summed E-state index contributed by atoms with van der Waals surface area (Å²) in [5.41, 5.74) is 5.59. The summed E-state index contributed by atoms with van der Waals surface area (Å²) in [4.78, 5) is 20.9. The Labute approximate surface area is 74.2 Å². The minimum absolute atomic E-state index is 0.270. The molecule has 0 fully saturated rings. The Morgan fingerprint density at radius 2 is 2.08 bits per heavy atom. The zero-order valence-corrected chi connectivity index (χ0v) is 6.65. The fourth-order valence-corrected chi connectivity index (χ4v) is 0.874. The van der Waals surface area contributed by atoms with Gasteiger partial charge in [0.15, 0.2) is 0 Å². The highest BCUT2D eigenvalue weighted by atomic mass is 16.4. The van der Waals surface area contributed by atoms with Crippen LogP contribution in [0.15, 0.2) is 24.3 Å². The Kier molecular flexibility index (Phi) is 2.49. The minimum Gasteiger partial charge on any atom is -0.465 e. The van der Waals surface area contributed by atoms with E-state index in [1.54, 1.807) is 6.07 Å². The van der Waals surface area contributed by atoms with Gasteiger partial charge < -0.3 is 10.8 Å². The molecular formula is C8H8N2O3. The maximum atomic E-state index is 10.7. The first-order valence-corrected chi connectivity index (χ1v) is 3.49. The van der Waals surface area contributed by atoms with Gasteiger partial charge >= 0.3 is 6.09 Å². The van der Waals surface area contributed by atoms with Crippen LogP contribution in [0.5, 0.6) is 0 Å². The monoisotopic (exact) mass is 180 g/mol. The van der Waals surface area contributed by atoms with Crippen LogP contribution in [0, 0.1) is 0 Å². The van der Waals surface area contributed by atoms with E-state index in [2.05, 4.69) is 5.32 Å². The largest absolute Gasteiger partial charge is 0.465 e. The van der Waals surface area contributed by atoms with E-state index in [0.717, 1.165) is 0 Å². The summed E-state index contributed by atoms with van der Waals surface area (Å²) < 4.78 is 0. The highest BCUT2D eigenvalue weighted by Gasteiger charge is 2.02. The van der Waals surface area contributed by atoms with Gasteiger partial charge in [0.05, 0.1) is 0 Å². The number of carbonyl (C=O) groups is 2. The lowest BCUT2D eigenvalue weighted by Gasteiger charge is -2.01. The quantitative estimate of drug-likeness (QED) is 0.630. The van der Waals surface area contributed by atoms with Crippen LogP contribution >= 0.6 is 0 Å². The lowest BCUT2D eigenvalue weighted by atomic mass is 10.2. The molecule has 0 radical (unpaired) electrons. The van der Waals surface area contributed by atoms with Crippen LogP contribution in [0.2, 0.25) is 0 Å². The fourth-order valence-electron chi connectivity index (χ4n) is 0.874. The maximum Gasteiger partial charge on any atom is 0.409 e. The molecular weight excluding hydrogens is 172 g/mol. The molecule has 0 aliphatic carbocycles. The number of carboxylic acid groups (broad SMARTS) is 1. The third-order valence-corrected chi connectivity index (χ3v) is 1.40. The summed E-state index contributed by atoms with van der Waals surface area (Å²) >= 11 is 0. The van der Waals surface area contributed by atoms with Crippen LogP contribution < -0.4 is 11.1 Å². The van der Waals surface area contributed by atoms with Crippen molar-refractivity contribution in [1.82, 2.24) is 0 Å². The molecule has 1 aromatic rings. The van der Waals surface area contributed by atoms with E-state index in [0.29, 0.717) is 5.69 Å². The van der Waals surface area contributed by atoms with E-state index >= 15 is 0 Å². The Hall–Kier alpha value is -2.04. The molecule has 0 aliphatic heterocycles. The van der Waals surface area contributed by atoms with Gasteiger partial charge in [-0.25, -0.2) is 4.79 Å². The third-order valence-electron chi connectivity index (χ3n) is 1.40. The van der Waals surface area contributed by atoms with E-state index in [4.69, 9.17) is 10.8 Å². The van der Waals surface area contributed by atoms with Crippen LogP contribution in [0.25, 0.3) is 0 Å². The van der Waals surface area contributed by atoms with Crippen molar-refractivity contribution in [2.24, 2.45) is 5.73 Å². The molecule has 1 rings (SSSR count). The zero-order chi connectivity index (χ0) is 9.84. The Balaban J connectivity index is 2.91. The predicted octanol–water partition coefficient (Wildman–Crippen LogP) is 0.875. The second-order valence-electron chi connectivity index (χ2n) is 2.38. The molecule has 2 amide bonds. The second-order valence-corrected chi connectivity index (χ2v) is 2.38. The first kappa shape index (κ1) is 9.05. The zero-order valence-electron chi connectivity index (χ0n) is 6.65. The molecule has 0 aliphatic rings. The average Bonchev–Trinajstić information content (AvgIpc) is 2.03. The van der Waals surface area contributed by atoms with Gasteiger partial charge in [-0.3, -0.25) is 10.1 Å². The third kappa shape index (κ3) is 2.48. The Morgan fingerprint density at radius 3 is 2.62 bits per heavy atom. The second kappa shape index (κ2) is 3.57. The highest BCUT2D eigenvalue weighted by molar-refractivity contribution is 5.94. The number of anilines is 1. The van der Waals surface area contributed by atoms with E-state index in [1.165, 1.54) is 18.2 Å². The summed E-state index contributed by atoms with van der Waals surface area (Å²) in [6.07, 6.45) is -1.18. The number of primary amides is 1. The van der Waals surface area contributed by atoms with Crippen LogP contribution in [-0.4, -0.2) is 17.1 Å². The molecule has 0 bridgehead atoms. The van der Waals surface area contributed by atoms with Gasteiger partial charge in [-0.1, -0.05) is 6.07 Å². The molecule has 5 nitrogen and oxygen atoms in total. The smallest absolute Gasteiger partial charge is 0.409 e. The van der Waals surface area contributed by atoms with Crippen LogP contribution in [0.1, 0.15) is 10.4 Å². The van der Waals surface area contributed by atoms with Gasteiger partial charge in [-0.2, -0.15) is 0 Å². The van der Waals surface area contributed by atoms with E-state index in [-0.39, 0.29) is 5.56 Å². The molecule has 0 spiro atoms. The molecule has 0 atom stereocenters. The first-order valence-electron chi connectivity index (χ1n) is 3.49. The van der Waals surface area contributed by atoms with Gasteiger partial charge in [0, 0.05) is 11.3 Å². The van der Waals surface area contributed by atoms with Crippen molar-refractivity contribution in [2.45, 2.75) is 0 Å². The summed E-state index contributed by atoms with van der Waals surface area (Å²) in [5.74, 6) is -0.589. The molecule has 0 heterocycles. The maximum absolute atomic E-state index is 10.7. The molecule has 0 saturated heterocycles. The van der Waals surface area contributed by atoms with Crippen molar-refractivity contribution < 1.29 is 14.7 Å². The number of rotatable bonds is 2. The number of nitrogens with two attached hydrogens (primary N) is 1. The van der Waals surface area contributed by atoms with Crippen molar-refractivity contribution in [2.75, 3.05) is 5.32 Å². The number of hydrogen-bond donors (Lipinski definition) is 3. The first-order chi connectivity index (χ1) is 6.09. The van der Waals surface area contributed by atoms with Crippen molar-refractivity contribution in [3.8, 4) is 0 Å². The fraction of sp³-hybridized carbons (Fsp3) is 0. The number of carbonyl (C=O) groups excluding carboxylic acids is 1. The lowest BCUT2D eigenvalue weighted by molar-refractivity contribution is 0.1000. The normalized spacial score (nSPS) is 9.23. The molecule has 68 valence electrons. The van der Waals surface area contributed by atoms with Crippen molar-refractivity contribution >= 4 is 17.7 Å². The van der Waals surface area contributed by atoms with Crippen molar-refractivity contribution in [1.29, 1.82) is 0 Å². The standard InChI is InChI=1S/C8H8N2O3/c9-7(11)5-2-1-3-6(4-5)10-8(12)13/h1-4,10H,(H2,9,11)(H,12,13). The molecule has 5 heteroatoms. The highest BCUT2D eigenvalue weighted by Crippen LogP contribution is 2.09. The van der Waals surface area contributed by atoms with Gasteiger partial charge in [-0.15, -0.1) is 0 Å². The molecule has 0 aromatic heterocycles. The van der Waals surface area contributed by atoms with Gasteiger partial charge in [-0.05, 0) is 18.2 Å². The van der Waals surface area contributed by atoms with Crippen LogP contribution in [0.3, 0.4) is 0 Å². The number of benzene rings is 1. The van der Waals surface area contributed by atoms with Gasteiger partial charge in [0.1, 0.15) is 0 Å². The van der Waals surface area contributed by atoms with Crippen LogP contribution in [0.4, 0.5) is 10.5 Å². The van der Waals surface area contributed by atoms with E-state index < -0.39 is 12.0 Å². The Bertz CT molecular complexity index is 349. The van der Waals surface area contributed by atoms with Crippen molar-refractivity contribution in [3.63, 3.8) is 0 Å². The average molecular weight is 180 g/mol. The van der Waals surface area contributed by atoms with Crippen molar-refractivity contribution in [3.05, 3.63) is 29.8 Å². The lowest BCUT2D eigenvalue weighted by Crippen LogP contribution is -2.12.